The van der Waals surface area contributed by atoms with E-state index in [4.69, 9.17) is 5.26 Å². The van der Waals surface area contributed by atoms with Crippen molar-refractivity contribution in [3.05, 3.63) is 35.5 Å². The van der Waals surface area contributed by atoms with E-state index in [0.29, 0.717) is 11.6 Å². The summed E-state index contributed by atoms with van der Waals surface area (Å²) in [5, 5.41) is 16.6. The maximum absolute atomic E-state index is 8.76. The number of nitriles is 1. The van der Waals surface area contributed by atoms with Crippen LogP contribution in [-0.4, -0.2) is 25.8 Å². The molecule has 6 heteroatoms. The first-order valence-corrected chi connectivity index (χ1v) is 6.83. The molecule has 1 atom stereocenters. The quantitative estimate of drug-likeness (QED) is 0.913. The van der Waals surface area contributed by atoms with Crippen molar-refractivity contribution < 1.29 is 0 Å². The molecule has 1 aliphatic rings. The van der Waals surface area contributed by atoms with Crippen molar-refractivity contribution >= 4 is 5.82 Å². The van der Waals surface area contributed by atoms with Crippen molar-refractivity contribution in [3.8, 4) is 6.07 Å². The Hall–Kier alpha value is -2.42. The van der Waals surface area contributed by atoms with Crippen LogP contribution >= 0.6 is 0 Å². The van der Waals surface area contributed by atoms with Crippen molar-refractivity contribution in [1.29, 1.82) is 5.26 Å². The third-order valence-corrected chi connectivity index (χ3v) is 3.46. The monoisotopic (exact) mass is 268 g/mol. The first-order chi connectivity index (χ1) is 9.78. The van der Waals surface area contributed by atoms with Crippen LogP contribution < -0.4 is 5.32 Å². The molecule has 0 radical (unpaired) electrons. The lowest BCUT2D eigenvalue weighted by atomic mass is 10.1. The minimum atomic E-state index is 0.300. The van der Waals surface area contributed by atoms with Crippen LogP contribution in [0.4, 0.5) is 5.82 Å². The van der Waals surface area contributed by atoms with Crippen LogP contribution in [0, 0.1) is 11.3 Å². The van der Waals surface area contributed by atoms with Gasteiger partial charge in [0.2, 0.25) is 0 Å². The lowest BCUT2D eigenvalue weighted by Crippen LogP contribution is -2.32. The Bertz CT molecular complexity index is 637. The molecule has 20 heavy (non-hydrogen) atoms. The van der Waals surface area contributed by atoms with Gasteiger partial charge in [-0.25, -0.2) is 14.6 Å². The van der Waals surface area contributed by atoms with E-state index in [0.717, 1.165) is 43.3 Å². The number of rotatable bonds is 3. The van der Waals surface area contributed by atoms with Gasteiger partial charge in [-0.05, 0) is 18.6 Å². The largest absolute Gasteiger partial charge is 0.365 e. The maximum atomic E-state index is 8.76. The van der Waals surface area contributed by atoms with Gasteiger partial charge in [0.25, 0.3) is 0 Å². The van der Waals surface area contributed by atoms with Crippen molar-refractivity contribution in [1.82, 2.24) is 19.7 Å². The Morgan fingerprint density at radius 3 is 3.10 bits per heavy atom. The molecule has 2 aromatic heterocycles. The van der Waals surface area contributed by atoms with E-state index < -0.39 is 0 Å². The molecular formula is C14H16N6. The Labute approximate surface area is 117 Å². The van der Waals surface area contributed by atoms with Crippen LogP contribution in [0.3, 0.4) is 0 Å². The van der Waals surface area contributed by atoms with Gasteiger partial charge in [0, 0.05) is 25.1 Å². The molecule has 6 nitrogen and oxygen atoms in total. The summed E-state index contributed by atoms with van der Waals surface area (Å²) in [6.07, 6.45) is 4.40. The Kier molecular flexibility index (Phi) is 3.33. The molecule has 0 saturated carbocycles. The van der Waals surface area contributed by atoms with E-state index in [2.05, 4.69) is 33.4 Å². The minimum absolute atomic E-state index is 0.300. The van der Waals surface area contributed by atoms with Gasteiger partial charge in [0.1, 0.15) is 17.7 Å². The highest BCUT2D eigenvalue weighted by atomic mass is 15.4. The van der Waals surface area contributed by atoms with E-state index in [9.17, 15) is 0 Å². The minimum Gasteiger partial charge on any atom is -0.365 e. The summed E-state index contributed by atoms with van der Waals surface area (Å²) in [6, 6.07) is 5.98. The second-order valence-electron chi connectivity index (χ2n) is 4.90. The Balaban J connectivity index is 1.69. The number of aryl methyl sites for hydroxylation is 2. The van der Waals surface area contributed by atoms with Crippen molar-refractivity contribution in [2.75, 3.05) is 5.32 Å². The van der Waals surface area contributed by atoms with Crippen LogP contribution in [0.2, 0.25) is 0 Å². The van der Waals surface area contributed by atoms with Crippen molar-refractivity contribution in [2.45, 2.75) is 38.8 Å². The highest BCUT2D eigenvalue weighted by molar-refractivity contribution is 5.39. The van der Waals surface area contributed by atoms with Gasteiger partial charge < -0.3 is 5.32 Å². The van der Waals surface area contributed by atoms with Gasteiger partial charge in [-0.2, -0.15) is 10.4 Å². The van der Waals surface area contributed by atoms with Gasteiger partial charge in [-0.3, -0.25) is 0 Å². The second-order valence-corrected chi connectivity index (χ2v) is 4.90. The maximum Gasteiger partial charge on any atom is 0.150 e. The van der Waals surface area contributed by atoms with Crippen LogP contribution in [-0.2, 0) is 19.4 Å². The standard InChI is InChI=1S/C14H16N6/c1-2-12-18-14-6-4-11(9-20(14)19-12)17-13-5-3-10(7-15)8-16-13/h3,5,8,11H,2,4,6,9H2,1H3,(H,16,17)/t11-/m1/s1. The average molecular weight is 268 g/mol. The molecular weight excluding hydrogens is 252 g/mol. The summed E-state index contributed by atoms with van der Waals surface area (Å²) in [6.45, 7) is 2.88. The molecule has 0 unspecified atom stereocenters. The number of hydrogen-bond acceptors (Lipinski definition) is 5. The summed E-state index contributed by atoms with van der Waals surface area (Å²) in [5.41, 5.74) is 0.574. The van der Waals surface area contributed by atoms with Crippen LogP contribution in [0.1, 0.15) is 30.6 Å². The number of aromatic nitrogens is 4. The number of fused-ring (bicyclic) bond motifs is 1. The zero-order valence-corrected chi connectivity index (χ0v) is 11.4. The summed E-state index contributed by atoms with van der Waals surface area (Å²) in [7, 11) is 0. The molecule has 0 aliphatic carbocycles. The summed E-state index contributed by atoms with van der Waals surface area (Å²) >= 11 is 0. The Morgan fingerprint density at radius 1 is 1.50 bits per heavy atom. The van der Waals surface area contributed by atoms with E-state index >= 15 is 0 Å². The van der Waals surface area contributed by atoms with Crippen molar-refractivity contribution in [2.24, 2.45) is 0 Å². The van der Waals surface area contributed by atoms with Gasteiger partial charge >= 0.3 is 0 Å². The normalized spacial score (nSPS) is 17.3. The fourth-order valence-corrected chi connectivity index (χ4v) is 2.38. The molecule has 1 aliphatic heterocycles. The first kappa shape index (κ1) is 12.6. The number of anilines is 1. The molecule has 0 bridgehead atoms. The lowest BCUT2D eigenvalue weighted by Gasteiger charge is -2.23. The third kappa shape index (κ3) is 2.48. The number of nitrogens with zero attached hydrogens (tertiary/aromatic N) is 5. The molecule has 0 fully saturated rings. The molecule has 0 saturated heterocycles. The first-order valence-electron chi connectivity index (χ1n) is 6.83. The third-order valence-electron chi connectivity index (χ3n) is 3.46. The van der Waals surface area contributed by atoms with Crippen LogP contribution in [0.5, 0.6) is 0 Å². The number of pyridine rings is 1. The van der Waals surface area contributed by atoms with Gasteiger partial charge in [0.15, 0.2) is 5.82 Å². The van der Waals surface area contributed by atoms with Gasteiger partial charge in [0.05, 0.1) is 12.1 Å². The van der Waals surface area contributed by atoms with Gasteiger partial charge in [-0.15, -0.1) is 0 Å². The highest BCUT2D eigenvalue weighted by Crippen LogP contribution is 2.17. The lowest BCUT2D eigenvalue weighted by molar-refractivity contribution is 0.440. The van der Waals surface area contributed by atoms with Gasteiger partial charge in [-0.1, -0.05) is 6.92 Å². The molecule has 0 aromatic carbocycles. The molecule has 3 heterocycles. The molecule has 102 valence electrons. The molecule has 0 spiro atoms. The molecule has 3 rings (SSSR count). The fourth-order valence-electron chi connectivity index (χ4n) is 2.38. The smallest absolute Gasteiger partial charge is 0.150 e. The second kappa shape index (κ2) is 5.29. The van der Waals surface area contributed by atoms with E-state index in [1.165, 1.54) is 0 Å². The highest BCUT2D eigenvalue weighted by Gasteiger charge is 2.21. The van der Waals surface area contributed by atoms with E-state index in [1.807, 2.05) is 10.7 Å². The predicted molar refractivity (Wildman–Crippen MR) is 74.1 cm³/mol. The molecule has 2 aromatic rings. The Morgan fingerprint density at radius 2 is 2.40 bits per heavy atom. The summed E-state index contributed by atoms with van der Waals surface area (Å²) < 4.78 is 1.99. The molecule has 0 amide bonds. The number of nitrogens with one attached hydrogen (secondary N) is 1. The summed E-state index contributed by atoms with van der Waals surface area (Å²) in [5.74, 6) is 2.79. The van der Waals surface area contributed by atoms with E-state index in [1.54, 1.807) is 12.3 Å². The zero-order valence-electron chi connectivity index (χ0n) is 11.4. The SMILES string of the molecule is CCc1nc2n(n1)C[C@H](Nc1ccc(C#N)cn1)CC2. The number of hydrogen-bond donors (Lipinski definition) is 1. The average Bonchev–Trinajstić information content (AvgIpc) is 2.90. The van der Waals surface area contributed by atoms with Crippen molar-refractivity contribution in [3.63, 3.8) is 0 Å². The van der Waals surface area contributed by atoms with Crippen LogP contribution in [0.15, 0.2) is 18.3 Å². The zero-order chi connectivity index (χ0) is 13.9. The van der Waals surface area contributed by atoms with E-state index in [-0.39, 0.29) is 0 Å². The van der Waals surface area contributed by atoms with Crippen LogP contribution in [0.25, 0.3) is 0 Å². The predicted octanol–water partition coefficient (Wildman–Crippen LogP) is 1.53. The summed E-state index contributed by atoms with van der Waals surface area (Å²) in [4.78, 5) is 8.75. The topological polar surface area (TPSA) is 79.4 Å². The fraction of sp³-hybridized carbons (Fsp3) is 0.429. The molecule has 1 N–H and O–H groups in total.